The van der Waals surface area contributed by atoms with Gasteiger partial charge >= 0.3 is 0 Å². The van der Waals surface area contributed by atoms with Gasteiger partial charge in [0.05, 0.1) is 30.1 Å². The van der Waals surface area contributed by atoms with E-state index in [0.29, 0.717) is 17.4 Å². The number of thiazole rings is 1. The maximum atomic E-state index is 5.35. The molecule has 0 saturated carbocycles. The fourth-order valence-electron chi connectivity index (χ4n) is 3.52. The van der Waals surface area contributed by atoms with Crippen LogP contribution in [0.25, 0.3) is 32.9 Å². The van der Waals surface area contributed by atoms with Crippen LogP contribution in [-0.4, -0.2) is 41.5 Å². The molecular weight excluding hydrogens is 424 g/mol. The number of nitrogens with one attached hydrogen (secondary N) is 1. The Bertz CT molecular complexity index is 1550. The van der Waals surface area contributed by atoms with Crippen molar-refractivity contribution in [2.45, 2.75) is 0 Å². The van der Waals surface area contributed by atoms with Crippen LogP contribution in [0.3, 0.4) is 0 Å². The van der Waals surface area contributed by atoms with Crippen molar-refractivity contribution >= 4 is 39.1 Å². The average molecular weight is 440 g/mol. The molecule has 1 N–H and O–H groups in total. The van der Waals surface area contributed by atoms with Crippen molar-refractivity contribution in [1.82, 2.24) is 34.3 Å². The van der Waals surface area contributed by atoms with Gasteiger partial charge in [-0.25, -0.2) is 19.2 Å². The summed E-state index contributed by atoms with van der Waals surface area (Å²) in [4.78, 5) is 14.2. The molecule has 0 atom stereocenters. The quantitative estimate of drug-likeness (QED) is 0.426. The highest BCUT2D eigenvalue weighted by Gasteiger charge is 2.15. The van der Waals surface area contributed by atoms with Crippen LogP contribution in [0.4, 0.5) is 11.8 Å². The summed E-state index contributed by atoms with van der Waals surface area (Å²) in [5.41, 5.74) is 3.57. The number of nitrogens with zero attached hydrogens (tertiary/aromatic N) is 7. The van der Waals surface area contributed by atoms with Gasteiger partial charge in [0.2, 0.25) is 10.9 Å². The van der Waals surface area contributed by atoms with E-state index in [-0.39, 0.29) is 0 Å². The van der Waals surface area contributed by atoms with E-state index in [1.807, 2.05) is 64.5 Å². The Kier molecular flexibility index (Phi) is 4.29. The number of fused-ring (bicyclic) bond motifs is 2. The van der Waals surface area contributed by atoms with Gasteiger partial charge in [0.25, 0.3) is 0 Å². The zero-order valence-electron chi connectivity index (χ0n) is 16.9. The first-order valence-corrected chi connectivity index (χ1v) is 10.7. The Morgan fingerprint density at radius 3 is 2.81 bits per heavy atom. The molecule has 32 heavy (non-hydrogen) atoms. The lowest BCUT2D eigenvalue weighted by Gasteiger charge is -2.04. The smallest absolute Gasteiger partial charge is 0.249 e. The van der Waals surface area contributed by atoms with Crippen LogP contribution in [0.15, 0.2) is 72.5 Å². The van der Waals surface area contributed by atoms with E-state index in [1.165, 1.54) is 17.7 Å². The first kappa shape index (κ1) is 18.5. The van der Waals surface area contributed by atoms with Crippen molar-refractivity contribution in [1.29, 1.82) is 0 Å². The highest BCUT2D eigenvalue weighted by molar-refractivity contribution is 7.15. The molecule has 0 aliphatic rings. The molecule has 10 heteroatoms. The summed E-state index contributed by atoms with van der Waals surface area (Å²) < 4.78 is 8.94. The molecule has 0 saturated heterocycles. The van der Waals surface area contributed by atoms with Crippen molar-refractivity contribution in [3.05, 3.63) is 72.5 Å². The Morgan fingerprint density at radius 2 is 1.94 bits per heavy atom. The van der Waals surface area contributed by atoms with Crippen molar-refractivity contribution in [3.63, 3.8) is 0 Å². The van der Waals surface area contributed by atoms with Crippen LogP contribution in [0.1, 0.15) is 0 Å². The second-order valence-electron chi connectivity index (χ2n) is 6.96. The molecule has 6 aromatic rings. The Hall–Kier alpha value is -4.31. The van der Waals surface area contributed by atoms with Crippen molar-refractivity contribution < 1.29 is 4.74 Å². The molecule has 0 amide bonds. The number of aromatic nitrogens is 7. The van der Waals surface area contributed by atoms with Crippen LogP contribution < -0.4 is 10.1 Å². The molecule has 0 bridgehead atoms. The Morgan fingerprint density at radius 1 is 1.03 bits per heavy atom. The maximum absolute atomic E-state index is 5.35. The van der Waals surface area contributed by atoms with Crippen LogP contribution in [0.5, 0.6) is 5.75 Å². The van der Waals surface area contributed by atoms with E-state index in [1.54, 1.807) is 18.0 Å². The van der Waals surface area contributed by atoms with Gasteiger partial charge in [-0.1, -0.05) is 30.3 Å². The molecule has 0 unspecified atom stereocenters. The second kappa shape index (κ2) is 7.43. The van der Waals surface area contributed by atoms with E-state index in [0.717, 1.165) is 33.0 Å². The van der Waals surface area contributed by atoms with Crippen molar-refractivity contribution in [3.8, 4) is 22.7 Å². The van der Waals surface area contributed by atoms with Gasteiger partial charge in [-0.15, -0.1) is 16.4 Å². The molecule has 4 heterocycles. The summed E-state index contributed by atoms with van der Waals surface area (Å²) in [5.74, 6) is 1.84. The fourth-order valence-corrected chi connectivity index (χ4v) is 4.35. The maximum Gasteiger partial charge on any atom is 0.249 e. The van der Waals surface area contributed by atoms with Gasteiger partial charge in [-0.3, -0.25) is 0 Å². The molecule has 0 radical (unpaired) electrons. The minimum Gasteiger partial charge on any atom is -0.497 e. The first-order valence-electron chi connectivity index (χ1n) is 9.80. The number of para-hydroxylation sites is 1. The van der Waals surface area contributed by atoms with Gasteiger partial charge in [0, 0.05) is 10.9 Å². The Balaban J connectivity index is 1.37. The number of rotatable bonds is 5. The molecule has 2 aromatic carbocycles. The van der Waals surface area contributed by atoms with Crippen LogP contribution in [0.2, 0.25) is 0 Å². The lowest BCUT2D eigenvalue weighted by molar-refractivity contribution is 0.415. The third-order valence-electron chi connectivity index (χ3n) is 5.04. The zero-order valence-corrected chi connectivity index (χ0v) is 17.7. The predicted octanol–water partition coefficient (Wildman–Crippen LogP) is 4.34. The summed E-state index contributed by atoms with van der Waals surface area (Å²) >= 11 is 1.52. The topological polar surface area (TPSA) is 95.0 Å². The van der Waals surface area contributed by atoms with Crippen LogP contribution in [-0.2, 0) is 0 Å². The van der Waals surface area contributed by atoms with Crippen molar-refractivity contribution in [2.24, 2.45) is 0 Å². The third kappa shape index (κ3) is 3.05. The number of hydrogen-bond acceptors (Lipinski definition) is 8. The molecular formula is C22H16N8OS. The normalized spacial score (nSPS) is 11.3. The molecule has 0 aliphatic heterocycles. The molecule has 6 rings (SSSR count). The largest absolute Gasteiger partial charge is 0.497 e. The fraction of sp³-hybridized carbons (Fsp3) is 0.0455. The molecule has 156 valence electrons. The average Bonchev–Trinajstić information content (AvgIpc) is 3.54. The van der Waals surface area contributed by atoms with E-state index in [2.05, 4.69) is 30.5 Å². The number of ether oxygens (including phenoxy) is 1. The van der Waals surface area contributed by atoms with Gasteiger partial charge < -0.3 is 10.1 Å². The molecule has 0 spiro atoms. The van der Waals surface area contributed by atoms with E-state index >= 15 is 0 Å². The van der Waals surface area contributed by atoms with Gasteiger partial charge in [-0.05, 0) is 24.3 Å². The molecule has 0 fully saturated rings. The first-order chi connectivity index (χ1) is 15.8. The minimum atomic E-state index is 0.452. The third-order valence-corrected chi connectivity index (χ3v) is 5.86. The zero-order chi connectivity index (χ0) is 21.5. The van der Waals surface area contributed by atoms with Crippen LogP contribution >= 0.6 is 11.3 Å². The highest BCUT2D eigenvalue weighted by atomic mass is 32.1. The standard InChI is InChI=1S/C22H16N8OS/c1-31-16-9-5-6-14(10-16)18-12-32-22-27-21(28-30(18)22)26-19-17-11-25-29(20(17)24-13-23-19)15-7-3-2-4-8-15/h2-13H,1H3,(H,23,24,26,28). The van der Waals surface area contributed by atoms with Crippen LogP contribution in [0, 0.1) is 0 Å². The number of anilines is 2. The lowest BCUT2D eigenvalue weighted by atomic mass is 10.2. The molecule has 9 nitrogen and oxygen atoms in total. The molecule has 4 aromatic heterocycles. The van der Waals surface area contributed by atoms with Gasteiger partial charge in [0.1, 0.15) is 17.9 Å². The second-order valence-corrected chi connectivity index (χ2v) is 7.80. The number of benzene rings is 2. The predicted molar refractivity (Wildman–Crippen MR) is 123 cm³/mol. The highest BCUT2D eigenvalue weighted by Crippen LogP contribution is 2.29. The van der Waals surface area contributed by atoms with E-state index < -0.39 is 0 Å². The lowest BCUT2D eigenvalue weighted by Crippen LogP contribution is -2.00. The van der Waals surface area contributed by atoms with Gasteiger partial charge in [0.15, 0.2) is 5.65 Å². The minimum absolute atomic E-state index is 0.452. The SMILES string of the molecule is COc1cccc(-c2csc3nc(Nc4ncnc5c4cnn5-c4ccccc4)nn23)c1. The summed E-state index contributed by atoms with van der Waals surface area (Å²) in [6.45, 7) is 0. The van der Waals surface area contributed by atoms with Gasteiger partial charge in [-0.2, -0.15) is 10.1 Å². The summed E-state index contributed by atoms with van der Waals surface area (Å²) in [5, 5.41) is 15.2. The molecule has 0 aliphatic carbocycles. The number of hydrogen-bond donors (Lipinski definition) is 1. The van der Waals surface area contributed by atoms with Crippen molar-refractivity contribution in [2.75, 3.05) is 12.4 Å². The monoisotopic (exact) mass is 440 g/mol. The Labute approximate surface area is 186 Å². The summed E-state index contributed by atoms with van der Waals surface area (Å²) in [6.07, 6.45) is 3.25. The summed E-state index contributed by atoms with van der Waals surface area (Å²) in [7, 11) is 1.65. The van der Waals surface area contributed by atoms with E-state index in [9.17, 15) is 0 Å². The number of methoxy groups -OCH3 is 1. The summed E-state index contributed by atoms with van der Waals surface area (Å²) in [6, 6.07) is 17.7. The van der Waals surface area contributed by atoms with E-state index in [4.69, 9.17) is 4.74 Å².